The number of anilines is 3. The van der Waals surface area contributed by atoms with Gasteiger partial charge in [0.15, 0.2) is 0 Å². The highest BCUT2D eigenvalue weighted by atomic mass is 35.5. The molecule has 7 heteroatoms. The van der Waals surface area contributed by atoms with Gasteiger partial charge in [0.25, 0.3) is 0 Å². The van der Waals surface area contributed by atoms with Crippen molar-refractivity contribution in [2.45, 2.75) is 20.5 Å². The molecule has 0 saturated heterocycles. The minimum atomic E-state index is -0.0963. The van der Waals surface area contributed by atoms with Gasteiger partial charge in [-0.15, -0.1) is 0 Å². The van der Waals surface area contributed by atoms with Crippen LogP contribution < -0.4 is 10.6 Å². The van der Waals surface area contributed by atoms with Gasteiger partial charge in [-0.25, -0.2) is 0 Å². The fraction of sp³-hybridized carbons (Fsp3) is 0.273. The lowest BCUT2D eigenvalue weighted by Crippen LogP contribution is -2.35. The molecule has 0 atom stereocenters. The van der Waals surface area contributed by atoms with Gasteiger partial charge in [-0.1, -0.05) is 11.6 Å². The Kier molecular flexibility index (Phi) is 6.90. The number of nitrogens with one attached hydrogen (secondary N) is 2. The molecule has 152 valence electrons. The van der Waals surface area contributed by atoms with Crippen molar-refractivity contribution >= 4 is 45.5 Å². The number of carbonyl (C=O) groups excluding carboxylic acids is 1. The first kappa shape index (κ1) is 20.9. The molecule has 0 radical (unpaired) electrons. The number of likely N-dealkylation sites (N-methyl/N-ethyl adjacent to an activating group) is 1. The van der Waals surface area contributed by atoms with Crippen LogP contribution >= 0.6 is 11.6 Å². The summed E-state index contributed by atoms with van der Waals surface area (Å²) in [5, 5.41) is 17.8. The van der Waals surface area contributed by atoms with E-state index in [1.165, 1.54) is 0 Å². The second-order valence-electron chi connectivity index (χ2n) is 6.64. The van der Waals surface area contributed by atoms with Gasteiger partial charge >= 0.3 is 0 Å². The van der Waals surface area contributed by atoms with Crippen LogP contribution in [0.5, 0.6) is 0 Å². The standard InChI is InChI=1S/C22H25ClN4O2/c1-3-27(4-2)22(29)13-25-17-9-15(14-28)10-18(12-17)26-20-7-8-24-21-11-16(23)5-6-19(20)21/h5-12,25,28H,3-4,13-14H2,1-2H3,(H,24,26). The van der Waals surface area contributed by atoms with Crippen LogP contribution in [0, 0.1) is 0 Å². The second kappa shape index (κ2) is 9.58. The highest BCUT2D eigenvalue weighted by Gasteiger charge is 2.10. The Bertz CT molecular complexity index is 1010. The normalized spacial score (nSPS) is 10.8. The molecule has 0 spiro atoms. The Balaban J connectivity index is 1.83. The predicted molar refractivity (Wildman–Crippen MR) is 119 cm³/mol. The third kappa shape index (κ3) is 5.16. The molecule has 3 aromatic rings. The summed E-state index contributed by atoms with van der Waals surface area (Å²) in [6.45, 7) is 5.39. The van der Waals surface area contributed by atoms with Crippen LogP contribution in [0.2, 0.25) is 5.02 Å². The summed E-state index contributed by atoms with van der Waals surface area (Å²) in [5.41, 5.74) is 3.99. The van der Waals surface area contributed by atoms with Crippen LogP contribution in [0.1, 0.15) is 19.4 Å². The SMILES string of the molecule is CCN(CC)C(=O)CNc1cc(CO)cc(Nc2ccnc3cc(Cl)ccc23)c1. The first-order chi connectivity index (χ1) is 14.0. The molecule has 0 aliphatic carbocycles. The summed E-state index contributed by atoms with van der Waals surface area (Å²) in [4.78, 5) is 18.4. The average Bonchev–Trinajstić information content (AvgIpc) is 2.73. The highest BCUT2D eigenvalue weighted by Crippen LogP contribution is 2.29. The number of halogens is 1. The summed E-state index contributed by atoms with van der Waals surface area (Å²) < 4.78 is 0. The molecule has 0 fully saturated rings. The monoisotopic (exact) mass is 412 g/mol. The third-order valence-corrected chi connectivity index (χ3v) is 4.95. The van der Waals surface area contributed by atoms with E-state index in [1.54, 1.807) is 11.1 Å². The first-order valence-corrected chi connectivity index (χ1v) is 9.99. The topological polar surface area (TPSA) is 77.5 Å². The molecule has 3 N–H and O–H groups in total. The van der Waals surface area contributed by atoms with E-state index in [-0.39, 0.29) is 19.1 Å². The summed E-state index contributed by atoms with van der Waals surface area (Å²) >= 11 is 6.07. The van der Waals surface area contributed by atoms with Crippen LogP contribution in [0.3, 0.4) is 0 Å². The minimum absolute atomic E-state index is 0.0379. The Labute approximate surface area is 175 Å². The number of amides is 1. The lowest BCUT2D eigenvalue weighted by atomic mass is 10.1. The molecule has 1 aromatic heterocycles. The van der Waals surface area contributed by atoms with E-state index >= 15 is 0 Å². The number of rotatable bonds is 8. The molecule has 0 aliphatic rings. The molecule has 0 unspecified atom stereocenters. The smallest absolute Gasteiger partial charge is 0.241 e. The highest BCUT2D eigenvalue weighted by molar-refractivity contribution is 6.31. The molecule has 0 saturated carbocycles. The molecular formula is C22H25ClN4O2. The number of aliphatic hydroxyl groups excluding tert-OH is 1. The molecule has 0 bridgehead atoms. The number of hydrogen-bond donors (Lipinski definition) is 3. The molecule has 1 heterocycles. The van der Waals surface area contributed by atoms with Gasteiger partial charge in [0.1, 0.15) is 0 Å². The number of aliphatic hydroxyl groups is 1. The molecule has 29 heavy (non-hydrogen) atoms. The molecule has 6 nitrogen and oxygen atoms in total. The summed E-state index contributed by atoms with van der Waals surface area (Å²) in [6.07, 6.45) is 1.72. The number of benzene rings is 2. The average molecular weight is 413 g/mol. The van der Waals surface area contributed by atoms with Crippen LogP contribution in [0.15, 0.2) is 48.7 Å². The van der Waals surface area contributed by atoms with E-state index in [1.807, 2.05) is 56.3 Å². The van der Waals surface area contributed by atoms with E-state index in [4.69, 9.17) is 11.6 Å². The number of fused-ring (bicyclic) bond motifs is 1. The van der Waals surface area contributed by atoms with Crippen LogP contribution in [0.25, 0.3) is 10.9 Å². The zero-order valence-corrected chi connectivity index (χ0v) is 17.3. The molecular weight excluding hydrogens is 388 g/mol. The Hall–Kier alpha value is -2.83. The van der Waals surface area contributed by atoms with Crippen molar-refractivity contribution < 1.29 is 9.90 Å². The molecule has 3 rings (SSSR count). The summed E-state index contributed by atoms with van der Waals surface area (Å²) in [5.74, 6) is 0.0379. The van der Waals surface area contributed by atoms with Gasteiger partial charge in [0, 0.05) is 46.8 Å². The van der Waals surface area contributed by atoms with Gasteiger partial charge < -0.3 is 20.6 Å². The van der Waals surface area contributed by atoms with Gasteiger partial charge in [0.2, 0.25) is 5.91 Å². The molecule has 2 aromatic carbocycles. The fourth-order valence-corrected chi connectivity index (χ4v) is 3.38. The van der Waals surface area contributed by atoms with Gasteiger partial charge in [-0.05, 0) is 61.9 Å². The number of hydrogen-bond acceptors (Lipinski definition) is 5. The van der Waals surface area contributed by atoms with E-state index in [0.29, 0.717) is 18.1 Å². The van der Waals surface area contributed by atoms with Crippen LogP contribution in [-0.2, 0) is 11.4 Å². The summed E-state index contributed by atoms with van der Waals surface area (Å²) in [6, 6.07) is 13.1. The van der Waals surface area contributed by atoms with Crippen LogP contribution in [0.4, 0.5) is 17.1 Å². The quantitative estimate of drug-likeness (QED) is 0.511. The maximum atomic E-state index is 12.3. The van der Waals surface area contributed by atoms with E-state index in [2.05, 4.69) is 15.6 Å². The maximum Gasteiger partial charge on any atom is 0.241 e. The zero-order valence-electron chi connectivity index (χ0n) is 16.6. The maximum absolute atomic E-state index is 12.3. The zero-order chi connectivity index (χ0) is 20.8. The van der Waals surface area contributed by atoms with E-state index in [0.717, 1.165) is 33.5 Å². The number of nitrogens with zero attached hydrogens (tertiary/aromatic N) is 2. The predicted octanol–water partition coefficient (Wildman–Crippen LogP) is 4.40. The fourth-order valence-electron chi connectivity index (χ4n) is 3.21. The Morgan fingerprint density at radius 2 is 1.86 bits per heavy atom. The minimum Gasteiger partial charge on any atom is -0.392 e. The van der Waals surface area contributed by atoms with E-state index in [9.17, 15) is 9.90 Å². The lowest BCUT2D eigenvalue weighted by Gasteiger charge is -2.19. The van der Waals surface area contributed by atoms with Crippen molar-refractivity contribution in [2.24, 2.45) is 0 Å². The van der Waals surface area contributed by atoms with Crippen molar-refractivity contribution in [1.29, 1.82) is 0 Å². The van der Waals surface area contributed by atoms with Crippen molar-refractivity contribution in [3.05, 3.63) is 59.2 Å². The lowest BCUT2D eigenvalue weighted by molar-refractivity contribution is -0.128. The first-order valence-electron chi connectivity index (χ1n) is 9.61. The van der Waals surface area contributed by atoms with Crippen molar-refractivity contribution in [1.82, 2.24) is 9.88 Å². The van der Waals surface area contributed by atoms with Crippen molar-refractivity contribution in [3.8, 4) is 0 Å². The third-order valence-electron chi connectivity index (χ3n) is 4.72. The largest absolute Gasteiger partial charge is 0.392 e. The van der Waals surface area contributed by atoms with Crippen LogP contribution in [-0.4, -0.2) is 40.5 Å². The van der Waals surface area contributed by atoms with Gasteiger partial charge in [0.05, 0.1) is 18.7 Å². The summed E-state index contributed by atoms with van der Waals surface area (Å²) in [7, 11) is 0. The molecule has 0 aliphatic heterocycles. The van der Waals surface area contributed by atoms with Crippen molar-refractivity contribution in [2.75, 3.05) is 30.3 Å². The number of pyridine rings is 1. The second-order valence-corrected chi connectivity index (χ2v) is 7.08. The Morgan fingerprint density at radius 3 is 2.59 bits per heavy atom. The number of carbonyl (C=O) groups is 1. The van der Waals surface area contributed by atoms with Gasteiger partial charge in [-0.2, -0.15) is 0 Å². The molecule has 1 amide bonds. The van der Waals surface area contributed by atoms with Gasteiger partial charge in [-0.3, -0.25) is 9.78 Å². The number of aromatic nitrogens is 1. The Morgan fingerprint density at radius 1 is 1.10 bits per heavy atom. The van der Waals surface area contributed by atoms with E-state index < -0.39 is 0 Å². The van der Waals surface area contributed by atoms with Crippen molar-refractivity contribution in [3.63, 3.8) is 0 Å².